The number of aromatic nitrogens is 2. The summed E-state index contributed by atoms with van der Waals surface area (Å²) in [5, 5.41) is 4.64. The average molecular weight is 430 g/mol. The van der Waals surface area contributed by atoms with Crippen LogP contribution < -0.4 is 0 Å². The van der Waals surface area contributed by atoms with Gasteiger partial charge in [0, 0.05) is 44.3 Å². The van der Waals surface area contributed by atoms with Crippen LogP contribution in [0.25, 0.3) is 0 Å². The second kappa shape index (κ2) is 7.85. The standard InChI is InChI=1S/C17H19BrClFN4O/c1-2-24-16(14(18)10-21-24)17(25)23-7-5-22(6-8-23)11-12-3-4-13(20)9-15(12)19/h3-4,9-10H,2,5-8,11H2,1H3. The van der Waals surface area contributed by atoms with Crippen LogP contribution in [0.15, 0.2) is 28.9 Å². The van der Waals surface area contributed by atoms with Crippen LogP contribution in [0.2, 0.25) is 5.02 Å². The Morgan fingerprint density at radius 2 is 2.04 bits per heavy atom. The maximum atomic E-state index is 13.1. The number of rotatable bonds is 4. The van der Waals surface area contributed by atoms with Crippen molar-refractivity contribution in [2.45, 2.75) is 20.0 Å². The van der Waals surface area contributed by atoms with Gasteiger partial charge in [0.15, 0.2) is 0 Å². The highest BCUT2D eigenvalue weighted by atomic mass is 79.9. The predicted octanol–water partition coefficient (Wildman–Crippen LogP) is 3.42. The van der Waals surface area contributed by atoms with E-state index in [2.05, 4.69) is 25.9 Å². The molecule has 0 bridgehead atoms. The quantitative estimate of drug-likeness (QED) is 0.748. The van der Waals surface area contributed by atoms with Crippen LogP contribution in [-0.2, 0) is 13.1 Å². The average Bonchev–Trinajstić information content (AvgIpc) is 2.98. The van der Waals surface area contributed by atoms with Crippen LogP contribution in [0.3, 0.4) is 0 Å². The summed E-state index contributed by atoms with van der Waals surface area (Å²) in [5.41, 5.74) is 1.49. The smallest absolute Gasteiger partial charge is 0.273 e. The van der Waals surface area contributed by atoms with Crippen molar-refractivity contribution in [2.24, 2.45) is 0 Å². The zero-order chi connectivity index (χ0) is 18.0. The summed E-state index contributed by atoms with van der Waals surface area (Å²) in [6.45, 7) is 6.03. The largest absolute Gasteiger partial charge is 0.335 e. The zero-order valence-electron chi connectivity index (χ0n) is 13.9. The summed E-state index contributed by atoms with van der Waals surface area (Å²) in [6.07, 6.45) is 1.66. The van der Waals surface area contributed by atoms with Crippen LogP contribution in [0.5, 0.6) is 0 Å². The lowest BCUT2D eigenvalue weighted by atomic mass is 10.2. The fraction of sp³-hybridized carbons (Fsp3) is 0.412. The maximum absolute atomic E-state index is 13.1. The Hall–Kier alpha value is -1.44. The van der Waals surface area contributed by atoms with Crippen molar-refractivity contribution in [1.29, 1.82) is 0 Å². The first-order chi connectivity index (χ1) is 12.0. The third-order valence-corrected chi connectivity index (χ3v) is 5.30. The van der Waals surface area contributed by atoms with Gasteiger partial charge in [-0.3, -0.25) is 14.4 Å². The third kappa shape index (κ3) is 4.04. The second-order valence-corrected chi connectivity index (χ2v) is 7.22. The number of aryl methyl sites for hydroxylation is 1. The minimum atomic E-state index is -0.331. The SMILES string of the molecule is CCn1ncc(Br)c1C(=O)N1CCN(Cc2ccc(F)cc2Cl)CC1. The highest BCUT2D eigenvalue weighted by Gasteiger charge is 2.26. The summed E-state index contributed by atoms with van der Waals surface area (Å²) in [4.78, 5) is 16.8. The highest BCUT2D eigenvalue weighted by molar-refractivity contribution is 9.10. The van der Waals surface area contributed by atoms with Crippen molar-refractivity contribution in [2.75, 3.05) is 26.2 Å². The van der Waals surface area contributed by atoms with Gasteiger partial charge in [-0.2, -0.15) is 5.10 Å². The molecule has 2 aromatic rings. The zero-order valence-corrected chi connectivity index (χ0v) is 16.2. The van der Waals surface area contributed by atoms with Gasteiger partial charge in [0.25, 0.3) is 5.91 Å². The van der Waals surface area contributed by atoms with Crippen molar-refractivity contribution in [1.82, 2.24) is 19.6 Å². The summed E-state index contributed by atoms with van der Waals surface area (Å²) in [6, 6.07) is 4.47. The molecule has 2 heterocycles. The molecule has 25 heavy (non-hydrogen) atoms. The normalized spacial score (nSPS) is 15.6. The van der Waals surface area contributed by atoms with Gasteiger partial charge in [0.1, 0.15) is 11.5 Å². The summed E-state index contributed by atoms with van der Waals surface area (Å²) in [5.74, 6) is -0.340. The Morgan fingerprint density at radius 1 is 1.32 bits per heavy atom. The molecule has 1 aliphatic heterocycles. The number of carbonyl (C=O) groups excluding carboxylic acids is 1. The number of carbonyl (C=O) groups is 1. The van der Waals surface area contributed by atoms with E-state index in [-0.39, 0.29) is 11.7 Å². The molecule has 3 rings (SSSR count). The van der Waals surface area contributed by atoms with E-state index in [9.17, 15) is 9.18 Å². The highest BCUT2D eigenvalue weighted by Crippen LogP contribution is 2.21. The lowest BCUT2D eigenvalue weighted by Crippen LogP contribution is -2.48. The van der Waals surface area contributed by atoms with E-state index in [0.29, 0.717) is 36.9 Å². The summed E-state index contributed by atoms with van der Waals surface area (Å²) in [7, 11) is 0. The van der Waals surface area contributed by atoms with E-state index >= 15 is 0 Å². The molecule has 1 aromatic carbocycles. The lowest BCUT2D eigenvalue weighted by Gasteiger charge is -2.35. The van der Waals surface area contributed by atoms with Gasteiger partial charge in [-0.25, -0.2) is 4.39 Å². The van der Waals surface area contributed by atoms with Gasteiger partial charge < -0.3 is 4.90 Å². The van der Waals surface area contributed by atoms with Crippen molar-refractivity contribution >= 4 is 33.4 Å². The summed E-state index contributed by atoms with van der Waals surface area (Å²) >= 11 is 9.51. The first-order valence-electron chi connectivity index (χ1n) is 8.16. The van der Waals surface area contributed by atoms with Crippen molar-refractivity contribution < 1.29 is 9.18 Å². The number of piperazine rings is 1. The molecular formula is C17H19BrClFN4O. The van der Waals surface area contributed by atoms with Crippen molar-refractivity contribution in [3.63, 3.8) is 0 Å². The Bertz CT molecular complexity index is 774. The topological polar surface area (TPSA) is 41.4 Å². The molecule has 0 aliphatic carbocycles. The molecule has 0 saturated carbocycles. The maximum Gasteiger partial charge on any atom is 0.273 e. The number of nitrogens with zero attached hydrogens (tertiary/aromatic N) is 4. The number of benzene rings is 1. The molecule has 0 radical (unpaired) electrons. The van der Waals surface area contributed by atoms with Crippen LogP contribution in [-0.4, -0.2) is 51.7 Å². The Morgan fingerprint density at radius 3 is 2.68 bits per heavy atom. The monoisotopic (exact) mass is 428 g/mol. The molecule has 1 aromatic heterocycles. The molecule has 8 heteroatoms. The van der Waals surface area contributed by atoms with Gasteiger partial charge >= 0.3 is 0 Å². The fourth-order valence-corrected chi connectivity index (χ4v) is 3.66. The molecule has 1 fully saturated rings. The molecule has 0 atom stereocenters. The van der Waals surface area contributed by atoms with Gasteiger partial charge in [0.2, 0.25) is 0 Å². The van der Waals surface area contributed by atoms with Crippen LogP contribution >= 0.6 is 27.5 Å². The van der Waals surface area contributed by atoms with E-state index in [1.165, 1.54) is 12.1 Å². The van der Waals surface area contributed by atoms with E-state index < -0.39 is 0 Å². The van der Waals surface area contributed by atoms with E-state index in [1.807, 2.05) is 11.8 Å². The summed E-state index contributed by atoms with van der Waals surface area (Å²) < 4.78 is 15.6. The molecule has 1 saturated heterocycles. The predicted molar refractivity (Wildman–Crippen MR) is 98.2 cm³/mol. The minimum Gasteiger partial charge on any atom is -0.335 e. The molecule has 0 N–H and O–H groups in total. The number of halogens is 3. The Labute approximate surface area is 159 Å². The van der Waals surface area contributed by atoms with Crippen molar-refractivity contribution in [3.05, 3.63) is 51.0 Å². The number of amides is 1. The van der Waals surface area contributed by atoms with Crippen LogP contribution in [0.4, 0.5) is 4.39 Å². The second-order valence-electron chi connectivity index (χ2n) is 5.96. The lowest BCUT2D eigenvalue weighted by molar-refractivity contribution is 0.0615. The number of hydrogen-bond acceptors (Lipinski definition) is 3. The Balaban J connectivity index is 1.61. The van der Waals surface area contributed by atoms with Gasteiger partial charge in [-0.1, -0.05) is 17.7 Å². The first kappa shape index (κ1) is 18.4. The Kier molecular flexibility index (Phi) is 5.76. The molecule has 0 unspecified atom stereocenters. The van der Waals surface area contributed by atoms with Gasteiger partial charge in [0.05, 0.1) is 10.7 Å². The fourth-order valence-electron chi connectivity index (χ4n) is 2.96. The minimum absolute atomic E-state index is 0.00862. The van der Waals surface area contributed by atoms with E-state index in [4.69, 9.17) is 11.6 Å². The van der Waals surface area contributed by atoms with Gasteiger partial charge in [-0.15, -0.1) is 0 Å². The van der Waals surface area contributed by atoms with E-state index in [0.717, 1.165) is 23.1 Å². The molecule has 1 amide bonds. The number of hydrogen-bond donors (Lipinski definition) is 0. The molecule has 0 spiro atoms. The van der Waals surface area contributed by atoms with E-state index in [1.54, 1.807) is 16.9 Å². The van der Waals surface area contributed by atoms with Crippen molar-refractivity contribution in [3.8, 4) is 0 Å². The molecule has 134 valence electrons. The van der Waals surface area contributed by atoms with Crippen LogP contribution in [0, 0.1) is 5.82 Å². The molecular weight excluding hydrogens is 411 g/mol. The van der Waals surface area contributed by atoms with Gasteiger partial charge in [-0.05, 0) is 40.5 Å². The first-order valence-corrected chi connectivity index (χ1v) is 9.33. The molecule has 1 aliphatic rings. The molecule has 5 nitrogen and oxygen atoms in total. The van der Waals surface area contributed by atoms with Crippen LogP contribution in [0.1, 0.15) is 23.0 Å². The third-order valence-electron chi connectivity index (χ3n) is 4.37.